The third kappa shape index (κ3) is 3.10. The summed E-state index contributed by atoms with van der Waals surface area (Å²) in [7, 11) is 0. The molecular formula is C11H15ClN2S. The Morgan fingerprint density at radius 3 is 3.27 bits per heavy atom. The van der Waals surface area contributed by atoms with Gasteiger partial charge in [-0.1, -0.05) is 11.6 Å². The minimum Gasteiger partial charge on any atom is -0.293 e. The summed E-state index contributed by atoms with van der Waals surface area (Å²) < 4.78 is 0. The second-order valence-electron chi connectivity index (χ2n) is 3.86. The van der Waals surface area contributed by atoms with E-state index in [1.54, 1.807) is 6.20 Å². The fourth-order valence-corrected chi connectivity index (χ4v) is 3.00. The monoisotopic (exact) mass is 242 g/mol. The maximum absolute atomic E-state index is 5.94. The second-order valence-corrected chi connectivity index (χ2v) is 5.45. The number of pyridine rings is 1. The van der Waals surface area contributed by atoms with Crippen LogP contribution in [0.3, 0.4) is 0 Å². The molecule has 0 saturated carbocycles. The Hall–Kier alpha value is -0.250. The number of hydrogen-bond donors (Lipinski definition) is 0. The van der Waals surface area contributed by atoms with Gasteiger partial charge >= 0.3 is 0 Å². The predicted octanol–water partition coefficient (Wildman–Crippen LogP) is 2.67. The minimum atomic E-state index is 0.643. The van der Waals surface area contributed by atoms with Gasteiger partial charge in [0.1, 0.15) is 0 Å². The van der Waals surface area contributed by atoms with Crippen LogP contribution in [-0.2, 0) is 6.54 Å². The molecule has 82 valence electrons. The first kappa shape index (κ1) is 11.2. The number of hydrogen-bond acceptors (Lipinski definition) is 3. The van der Waals surface area contributed by atoms with Gasteiger partial charge in [0.2, 0.25) is 0 Å². The molecule has 2 nitrogen and oxygen atoms in total. The SMILES string of the molecule is CC1CSCCN1Cc1cc(Cl)ccn1. The number of aromatic nitrogens is 1. The zero-order chi connectivity index (χ0) is 10.7. The molecule has 0 spiro atoms. The first-order valence-electron chi connectivity index (χ1n) is 5.18. The number of thioether (sulfide) groups is 1. The predicted molar refractivity (Wildman–Crippen MR) is 66.4 cm³/mol. The Morgan fingerprint density at radius 1 is 1.67 bits per heavy atom. The van der Waals surface area contributed by atoms with Crippen LogP contribution < -0.4 is 0 Å². The van der Waals surface area contributed by atoms with Crippen LogP contribution in [0.2, 0.25) is 5.02 Å². The van der Waals surface area contributed by atoms with Crippen molar-refractivity contribution in [2.24, 2.45) is 0 Å². The lowest BCUT2D eigenvalue weighted by Crippen LogP contribution is -2.39. The van der Waals surface area contributed by atoms with Gasteiger partial charge in [-0.05, 0) is 19.1 Å². The van der Waals surface area contributed by atoms with Gasteiger partial charge in [-0.2, -0.15) is 11.8 Å². The lowest BCUT2D eigenvalue weighted by atomic mass is 10.2. The number of halogens is 1. The molecule has 1 aliphatic rings. The first-order valence-corrected chi connectivity index (χ1v) is 6.71. The van der Waals surface area contributed by atoms with Crippen molar-refractivity contribution < 1.29 is 0 Å². The molecular weight excluding hydrogens is 228 g/mol. The molecule has 15 heavy (non-hydrogen) atoms. The zero-order valence-electron chi connectivity index (χ0n) is 8.82. The highest BCUT2D eigenvalue weighted by atomic mass is 35.5. The maximum atomic E-state index is 5.94. The third-order valence-electron chi connectivity index (χ3n) is 2.65. The van der Waals surface area contributed by atoms with Crippen LogP contribution in [0.5, 0.6) is 0 Å². The van der Waals surface area contributed by atoms with Crippen LogP contribution in [-0.4, -0.2) is 34.0 Å². The van der Waals surface area contributed by atoms with Crippen LogP contribution in [0.15, 0.2) is 18.3 Å². The Labute approximate surface area is 100 Å². The van der Waals surface area contributed by atoms with Gasteiger partial charge in [0.25, 0.3) is 0 Å². The van der Waals surface area contributed by atoms with E-state index >= 15 is 0 Å². The van der Waals surface area contributed by atoms with E-state index in [0.29, 0.717) is 6.04 Å². The molecule has 1 atom stereocenters. The topological polar surface area (TPSA) is 16.1 Å². The highest BCUT2D eigenvalue weighted by molar-refractivity contribution is 7.99. The van der Waals surface area contributed by atoms with Crippen LogP contribution in [0, 0.1) is 0 Å². The van der Waals surface area contributed by atoms with Gasteiger partial charge < -0.3 is 0 Å². The normalized spacial score (nSPS) is 22.9. The molecule has 2 heterocycles. The molecule has 1 fully saturated rings. The van der Waals surface area contributed by atoms with E-state index in [2.05, 4.69) is 16.8 Å². The molecule has 1 unspecified atom stereocenters. The smallest absolute Gasteiger partial charge is 0.0558 e. The quantitative estimate of drug-likeness (QED) is 0.793. The van der Waals surface area contributed by atoms with Crippen molar-refractivity contribution in [1.82, 2.24) is 9.88 Å². The summed E-state index contributed by atoms with van der Waals surface area (Å²) in [5.74, 6) is 2.45. The highest BCUT2D eigenvalue weighted by Gasteiger charge is 2.18. The van der Waals surface area contributed by atoms with E-state index in [-0.39, 0.29) is 0 Å². The lowest BCUT2D eigenvalue weighted by molar-refractivity contribution is 0.221. The van der Waals surface area contributed by atoms with E-state index in [4.69, 9.17) is 11.6 Å². The number of nitrogens with zero attached hydrogens (tertiary/aromatic N) is 2. The van der Waals surface area contributed by atoms with E-state index in [0.717, 1.165) is 23.8 Å². The molecule has 1 aromatic rings. The van der Waals surface area contributed by atoms with E-state index in [1.165, 1.54) is 11.5 Å². The van der Waals surface area contributed by atoms with Crippen molar-refractivity contribution in [3.05, 3.63) is 29.0 Å². The molecule has 2 rings (SSSR count). The van der Waals surface area contributed by atoms with Gasteiger partial charge in [0.05, 0.1) is 5.69 Å². The summed E-state index contributed by atoms with van der Waals surface area (Å²) in [4.78, 5) is 6.80. The maximum Gasteiger partial charge on any atom is 0.0558 e. The van der Waals surface area contributed by atoms with Gasteiger partial charge in [-0.15, -0.1) is 0 Å². The molecule has 0 radical (unpaired) electrons. The van der Waals surface area contributed by atoms with E-state index in [1.807, 2.05) is 23.9 Å². The standard InChI is InChI=1S/C11H15ClN2S/c1-9-8-15-5-4-14(9)7-11-6-10(12)2-3-13-11/h2-3,6,9H,4-5,7-8H2,1H3. The summed E-state index contributed by atoms with van der Waals surface area (Å²) in [6.07, 6.45) is 1.78. The first-order chi connectivity index (χ1) is 7.25. The third-order valence-corrected chi connectivity index (χ3v) is 4.07. The average molecular weight is 243 g/mol. The van der Waals surface area contributed by atoms with Crippen molar-refractivity contribution in [2.75, 3.05) is 18.1 Å². The fourth-order valence-electron chi connectivity index (χ4n) is 1.74. The Bertz CT molecular complexity index is 332. The van der Waals surface area contributed by atoms with Crippen molar-refractivity contribution in [3.8, 4) is 0 Å². The highest BCUT2D eigenvalue weighted by Crippen LogP contribution is 2.18. The van der Waals surface area contributed by atoms with Crippen LogP contribution in [0.1, 0.15) is 12.6 Å². The minimum absolute atomic E-state index is 0.643. The van der Waals surface area contributed by atoms with Crippen LogP contribution >= 0.6 is 23.4 Å². The zero-order valence-corrected chi connectivity index (χ0v) is 10.4. The Balaban J connectivity index is 2.01. The summed E-state index contributed by atoms with van der Waals surface area (Å²) >= 11 is 7.97. The van der Waals surface area contributed by atoms with Crippen LogP contribution in [0.25, 0.3) is 0 Å². The summed E-state index contributed by atoms with van der Waals surface area (Å²) in [6.45, 7) is 4.35. The number of rotatable bonds is 2. The van der Waals surface area contributed by atoms with Crippen molar-refractivity contribution in [3.63, 3.8) is 0 Å². The molecule has 0 N–H and O–H groups in total. The van der Waals surface area contributed by atoms with Gasteiger partial charge in [-0.3, -0.25) is 9.88 Å². The summed E-state index contributed by atoms with van der Waals surface area (Å²) in [5.41, 5.74) is 1.07. The molecule has 1 saturated heterocycles. The van der Waals surface area contributed by atoms with Crippen LogP contribution in [0.4, 0.5) is 0 Å². The van der Waals surface area contributed by atoms with E-state index in [9.17, 15) is 0 Å². The van der Waals surface area contributed by atoms with Gasteiger partial charge in [0, 0.05) is 41.9 Å². The van der Waals surface area contributed by atoms with Gasteiger partial charge in [-0.25, -0.2) is 0 Å². The van der Waals surface area contributed by atoms with E-state index < -0.39 is 0 Å². The van der Waals surface area contributed by atoms with Gasteiger partial charge in [0.15, 0.2) is 0 Å². The largest absolute Gasteiger partial charge is 0.293 e. The lowest BCUT2D eigenvalue weighted by Gasteiger charge is -2.32. The molecule has 0 aliphatic carbocycles. The molecule has 1 aromatic heterocycles. The molecule has 4 heteroatoms. The van der Waals surface area contributed by atoms with Crippen molar-refractivity contribution in [2.45, 2.75) is 19.5 Å². The summed E-state index contributed by atoms with van der Waals surface area (Å²) in [6, 6.07) is 4.42. The average Bonchev–Trinajstić information content (AvgIpc) is 2.22. The summed E-state index contributed by atoms with van der Waals surface area (Å²) in [5, 5.41) is 0.777. The molecule has 1 aliphatic heterocycles. The van der Waals surface area contributed by atoms with Crippen molar-refractivity contribution >= 4 is 23.4 Å². The Kier molecular flexibility index (Phi) is 3.89. The second kappa shape index (κ2) is 5.19. The van der Waals surface area contributed by atoms with Crippen molar-refractivity contribution in [1.29, 1.82) is 0 Å². The fraction of sp³-hybridized carbons (Fsp3) is 0.545. The molecule has 0 bridgehead atoms. The Morgan fingerprint density at radius 2 is 2.53 bits per heavy atom. The molecule has 0 amide bonds. The molecule has 0 aromatic carbocycles.